The van der Waals surface area contributed by atoms with Crippen LogP contribution in [0.3, 0.4) is 0 Å². The van der Waals surface area contributed by atoms with Gasteiger partial charge in [0.1, 0.15) is 17.5 Å². The summed E-state index contributed by atoms with van der Waals surface area (Å²) in [7, 11) is 1.54. The van der Waals surface area contributed by atoms with Crippen LogP contribution in [0.25, 0.3) is 0 Å². The van der Waals surface area contributed by atoms with Gasteiger partial charge in [-0.25, -0.2) is 4.98 Å². The van der Waals surface area contributed by atoms with Gasteiger partial charge in [-0.1, -0.05) is 0 Å². The summed E-state index contributed by atoms with van der Waals surface area (Å²) in [5.41, 5.74) is 0.622. The zero-order chi connectivity index (χ0) is 11.5. The molecule has 0 aliphatic heterocycles. The Kier molecular flexibility index (Phi) is 2.73. The van der Waals surface area contributed by atoms with E-state index in [2.05, 4.69) is 10.3 Å². The molecule has 1 amide bonds. The number of aromatic nitrogens is 1. The molecule has 1 aliphatic rings. The number of ether oxygens (including phenoxy) is 1. The lowest BCUT2D eigenvalue weighted by molar-refractivity contribution is 0.0958. The molecule has 0 aromatic carbocycles. The second-order valence-corrected chi connectivity index (χ2v) is 3.57. The summed E-state index contributed by atoms with van der Waals surface area (Å²) in [5, 5.41) is 11.2. The average Bonchev–Trinajstić information content (AvgIpc) is 3.12. The van der Waals surface area contributed by atoms with E-state index in [9.17, 15) is 4.79 Å². The van der Waals surface area contributed by atoms with Gasteiger partial charge in [-0.05, 0) is 12.8 Å². The van der Waals surface area contributed by atoms with E-state index < -0.39 is 0 Å². The van der Waals surface area contributed by atoms with Gasteiger partial charge in [0.25, 0.3) is 5.91 Å². The van der Waals surface area contributed by atoms with Crippen LogP contribution in [0.5, 0.6) is 5.75 Å². The average molecular weight is 217 g/mol. The van der Waals surface area contributed by atoms with Gasteiger partial charge in [-0.2, -0.15) is 5.26 Å². The summed E-state index contributed by atoms with van der Waals surface area (Å²) in [6.07, 6.45) is 3.54. The minimum atomic E-state index is -0.257. The largest absolute Gasteiger partial charge is 0.489 e. The first-order valence-electron chi connectivity index (χ1n) is 5.03. The fourth-order valence-corrected chi connectivity index (χ4v) is 1.27. The van der Waals surface area contributed by atoms with Crippen LogP contribution < -0.4 is 10.1 Å². The monoisotopic (exact) mass is 217 g/mol. The lowest BCUT2D eigenvalue weighted by Gasteiger charge is -2.09. The van der Waals surface area contributed by atoms with Crippen molar-refractivity contribution in [2.45, 2.75) is 18.9 Å². The lowest BCUT2D eigenvalue weighted by Crippen LogP contribution is -2.19. The molecular weight excluding hydrogens is 206 g/mol. The van der Waals surface area contributed by atoms with Crippen molar-refractivity contribution >= 4 is 5.91 Å². The fraction of sp³-hybridized carbons (Fsp3) is 0.364. The van der Waals surface area contributed by atoms with Crippen molar-refractivity contribution in [1.29, 1.82) is 5.26 Å². The van der Waals surface area contributed by atoms with Crippen LogP contribution in [0, 0.1) is 11.3 Å². The van der Waals surface area contributed by atoms with E-state index in [-0.39, 0.29) is 17.7 Å². The highest BCUT2D eigenvalue weighted by molar-refractivity contribution is 5.96. The first kappa shape index (κ1) is 10.4. The summed E-state index contributed by atoms with van der Waals surface area (Å²) in [6.45, 7) is 0. The molecule has 0 atom stereocenters. The van der Waals surface area contributed by atoms with Gasteiger partial charge in [0, 0.05) is 19.3 Å². The smallest absolute Gasteiger partial charge is 0.256 e. The third-order valence-electron chi connectivity index (χ3n) is 2.27. The molecule has 16 heavy (non-hydrogen) atoms. The van der Waals surface area contributed by atoms with Crippen LogP contribution in [0.15, 0.2) is 12.3 Å². The van der Waals surface area contributed by atoms with Crippen molar-refractivity contribution in [1.82, 2.24) is 10.3 Å². The van der Waals surface area contributed by atoms with E-state index in [4.69, 9.17) is 10.00 Å². The van der Waals surface area contributed by atoms with Crippen LogP contribution >= 0.6 is 0 Å². The highest BCUT2D eigenvalue weighted by Crippen LogP contribution is 2.29. The molecule has 0 bridgehead atoms. The molecule has 0 unspecified atom stereocenters. The lowest BCUT2D eigenvalue weighted by atomic mass is 10.2. The SMILES string of the molecule is CNC(=O)c1cnc(C#N)cc1OC1CC1. The van der Waals surface area contributed by atoms with Crippen molar-refractivity contribution in [2.24, 2.45) is 0 Å². The summed E-state index contributed by atoms with van der Waals surface area (Å²) >= 11 is 0. The number of carbonyl (C=O) groups is 1. The standard InChI is InChI=1S/C11H11N3O2/c1-13-11(15)9-6-14-7(5-12)4-10(9)16-8-2-3-8/h4,6,8H,2-3H2,1H3,(H,13,15). The predicted octanol–water partition coefficient (Wildman–Crippen LogP) is 0.854. The quantitative estimate of drug-likeness (QED) is 0.814. The zero-order valence-corrected chi connectivity index (χ0v) is 8.86. The molecule has 1 heterocycles. The van der Waals surface area contributed by atoms with Gasteiger partial charge in [-0.3, -0.25) is 4.79 Å². The Labute approximate surface area is 93.1 Å². The van der Waals surface area contributed by atoms with Crippen LogP contribution in [0.2, 0.25) is 0 Å². The number of hydrogen-bond acceptors (Lipinski definition) is 4. The molecule has 0 radical (unpaired) electrons. The van der Waals surface area contributed by atoms with Crippen LogP contribution in [-0.4, -0.2) is 24.0 Å². The second kappa shape index (κ2) is 4.19. The zero-order valence-electron chi connectivity index (χ0n) is 8.86. The van der Waals surface area contributed by atoms with Gasteiger partial charge in [0.15, 0.2) is 0 Å². The van der Waals surface area contributed by atoms with Crippen LogP contribution in [0.1, 0.15) is 28.9 Å². The Hall–Kier alpha value is -2.09. The minimum absolute atomic E-state index is 0.178. The van der Waals surface area contributed by atoms with Crippen molar-refractivity contribution in [2.75, 3.05) is 7.05 Å². The summed E-state index contributed by atoms with van der Waals surface area (Å²) in [6, 6.07) is 3.43. The number of hydrogen-bond donors (Lipinski definition) is 1. The van der Waals surface area contributed by atoms with E-state index in [0.717, 1.165) is 12.8 Å². The molecule has 1 aromatic rings. The highest BCUT2D eigenvalue weighted by atomic mass is 16.5. The third kappa shape index (κ3) is 2.11. The van der Waals surface area contributed by atoms with Crippen molar-refractivity contribution in [3.8, 4) is 11.8 Å². The molecule has 1 N–H and O–H groups in total. The van der Waals surface area contributed by atoms with Gasteiger partial charge < -0.3 is 10.1 Å². The highest BCUT2D eigenvalue weighted by Gasteiger charge is 2.26. The van der Waals surface area contributed by atoms with E-state index in [1.807, 2.05) is 6.07 Å². The number of nitriles is 1. The van der Waals surface area contributed by atoms with Gasteiger partial charge in [-0.15, -0.1) is 0 Å². The maximum Gasteiger partial charge on any atom is 0.256 e. The number of pyridine rings is 1. The number of carbonyl (C=O) groups excluding carboxylic acids is 1. The molecular formula is C11H11N3O2. The molecule has 1 fully saturated rings. The summed E-state index contributed by atoms with van der Waals surface area (Å²) in [4.78, 5) is 15.4. The molecule has 1 aromatic heterocycles. The van der Waals surface area contributed by atoms with Gasteiger partial charge in [0.05, 0.1) is 11.7 Å². The first-order chi connectivity index (χ1) is 7.74. The summed E-state index contributed by atoms with van der Waals surface area (Å²) < 4.78 is 5.57. The Morgan fingerprint density at radius 1 is 1.69 bits per heavy atom. The van der Waals surface area contributed by atoms with E-state index in [1.54, 1.807) is 7.05 Å². The number of amides is 1. The molecule has 0 spiro atoms. The molecule has 5 heteroatoms. The minimum Gasteiger partial charge on any atom is -0.489 e. The molecule has 1 saturated carbocycles. The van der Waals surface area contributed by atoms with E-state index in [1.165, 1.54) is 12.3 Å². The van der Waals surface area contributed by atoms with Gasteiger partial charge >= 0.3 is 0 Å². The summed E-state index contributed by atoms with van der Waals surface area (Å²) in [5.74, 6) is 0.182. The molecule has 5 nitrogen and oxygen atoms in total. The van der Waals surface area contributed by atoms with Crippen molar-refractivity contribution < 1.29 is 9.53 Å². The number of nitrogens with one attached hydrogen (secondary N) is 1. The van der Waals surface area contributed by atoms with Gasteiger partial charge in [0.2, 0.25) is 0 Å². The molecule has 1 aliphatic carbocycles. The maximum atomic E-state index is 11.5. The second-order valence-electron chi connectivity index (χ2n) is 3.57. The topological polar surface area (TPSA) is 75.0 Å². The molecule has 82 valence electrons. The Morgan fingerprint density at radius 3 is 3.00 bits per heavy atom. The van der Waals surface area contributed by atoms with E-state index in [0.29, 0.717) is 11.3 Å². The van der Waals surface area contributed by atoms with Crippen molar-refractivity contribution in [3.05, 3.63) is 23.5 Å². The molecule has 0 saturated heterocycles. The first-order valence-corrected chi connectivity index (χ1v) is 5.03. The van der Waals surface area contributed by atoms with Crippen LogP contribution in [-0.2, 0) is 0 Å². The Balaban J connectivity index is 2.34. The fourth-order valence-electron chi connectivity index (χ4n) is 1.27. The van der Waals surface area contributed by atoms with E-state index >= 15 is 0 Å². The van der Waals surface area contributed by atoms with Crippen LogP contribution in [0.4, 0.5) is 0 Å². The normalized spacial score (nSPS) is 14.0. The Bertz CT molecular complexity index is 461. The Morgan fingerprint density at radius 2 is 2.44 bits per heavy atom. The maximum absolute atomic E-state index is 11.5. The predicted molar refractivity (Wildman–Crippen MR) is 56.0 cm³/mol. The third-order valence-corrected chi connectivity index (χ3v) is 2.27. The number of nitrogens with zero attached hydrogens (tertiary/aromatic N) is 2. The molecule has 2 rings (SSSR count). The number of rotatable bonds is 3. The van der Waals surface area contributed by atoms with Crippen molar-refractivity contribution in [3.63, 3.8) is 0 Å².